The van der Waals surface area contributed by atoms with Crippen LogP contribution in [-0.2, 0) is 0 Å². The molecule has 3 aliphatic rings. The number of methoxy groups -OCH3 is 1. The van der Waals surface area contributed by atoms with Gasteiger partial charge in [0.1, 0.15) is 5.75 Å². The number of para-hydroxylation sites is 3. The quantitative estimate of drug-likeness (QED) is 0.680. The van der Waals surface area contributed by atoms with Gasteiger partial charge in [0, 0.05) is 63.6 Å². The minimum Gasteiger partial charge on any atom is -0.495 e. The summed E-state index contributed by atoms with van der Waals surface area (Å²) >= 11 is 0. The van der Waals surface area contributed by atoms with Crippen LogP contribution in [0.4, 0.5) is 11.4 Å². The smallest absolute Gasteiger partial charge is 0.142 e. The molecule has 3 saturated heterocycles. The molecular formula is C28H40N4O. The topological polar surface area (TPSA) is 22.2 Å². The van der Waals surface area contributed by atoms with Gasteiger partial charge in [0.25, 0.3) is 0 Å². The lowest BCUT2D eigenvalue weighted by Gasteiger charge is -2.47. The van der Waals surface area contributed by atoms with Crippen molar-refractivity contribution in [2.45, 2.75) is 44.7 Å². The van der Waals surface area contributed by atoms with Gasteiger partial charge in [-0.25, -0.2) is 0 Å². The first-order valence-corrected chi connectivity index (χ1v) is 12.9. The van der Waals surface area contributed by atoms with E-state index in [0.717, 1.165) is 44.0 Å². The summed E-state index contributed by atoms with van der Waals surface area (Å²) in [7, 11) is 1.78. The highest BCUT2D eigenvalue weighted by Gasteiger charge is 2.33. The minimum absolute atomic E-state index is 0.727. The fourth-order valence-corrected chi connectivity index (χ4v) is 6.22. The third kappa shape index (κ3) is 4.99. The predicted molar refractivity (Wildman–Crippen MR) is 138 cm³/mol. The summed E-state index contributed by atoms with van der Waals surface area (Å²) in [6.07, 6.45) is 5.22. The van der Waals surface area contributed by atoms with E-state index in [-0.39, 0.29) is 0 Å². The highest BCUT2D eigenvalue weighted by molar-refractivity contribution is 5.58. The Morgan fingerprint density at radius 3 is 2.06 bits per heavy atom. The van der Waals surface area contributed by atoms with E-state index in [0.29, 0.717) is 0 Å². The van der Waals surface area contributed by atoms with Crippen molar-refractivity contribution in [3.8, 4) is 5.75 Å². The molecule has 5 heteroatoms. The second-order valence-corrected chi connectivity index (χ2v) is 9.99. The molecule has 33 heavy (non-hydrogen) atoms. The molecule has 1 unspecified atom stereocenters. The van der Waals surface area contributed by atoms with Crippen molar-refractivity contribution in [1.82, 2.24) is 9.80 Å². The molecule has 2 aromatic carbocycles. The number of likely N-dealkylation sites (tertiary alicyclic amines) is 1. The van der Waals surface area contributed by atoms with Crippen LogP contribution in [0, 0.1) is 6.92 Å². The summed E-state index contributed by atoms with van der Waals surface area (Å²) < 4.78 is 5.60. The van der Waals surface area contributed by atoms with Gasteiger partial charge >= 0.3 is 0 Å². The molecule has 0 aromatic heterocycles. The minimum atomic E-state index is 0.727. The Bertz CT molecular complexity index is 902. The van der Waals surface area contributed by atoms with Gasteiger partial charge in [-0.3, -0.25) is 9.80 Å². The lowest BCUT2D eigenvalue weighted by molar-refractivity contribution is 0.0595. The Morgan fingerprint density at radius 1 is 0.667 bits per heavy atom. The van der Waals surface area contributed by atoms with E-state index in [2.05, 4.69) is 75.1 Å². The number of nitrogens with zero attached hydrogens (tertiary/aromatic N) is 4. The fraction of sp³-hybridized carbons (Fsp3) is 0.571. The molecule has 3 heterocycles. The zero-order valence-corrected chi connectivity index (χ0v) is 20.5. The van der Waals surface area contributed by atoms with E-state index in [4.69, 9.17) is 4.74 Å². The molecule has 0 N–H and O–H groups in total. The van der Waals surface area contributed by atoms with Gasteiger partial charge in [0.2, 0.25) is 0 Å². The van der Waals surface area contributed by atoms with E-state index in [9.17, 15) is 0 Å². The van der Waals surface area contributed by atoms with Crippen molar-refractivity contribution in [3.63, 3.8) is 0 Å². The Hall–Kier alpha value is -2.24. The monoisotopic (exact) mass is 448 g/mol. The Kier molecular flexibility index (Phi) is 7.07. The maximum atomic E-state index is 5.60. The summed E-state index contributed by atoms with van der Waals surface area (Å²) in [6, 6.07) is 18.8. The maximum Gasteiger partial charge on any atom is 0.142 e. The van der Waals surface area contributed by atoms with Crippen LogP contribution in [0.1, 0.15) is 31.2 Å². The second kappa shape index (κ2) is 10.4. The first kappa shape index (κ1) is 22.5. The number of hydrogen-bond donors (Lipinski definition) is 0. The molecule has 0 aliphatic carbocycles. The van der Waals surface area contributed by atoms with Gasteiger partial charge in [-0.15, -0.1) is 0 Å². The van der Waals surface area contributed by atoms with Crippen LogP contribution in [0.2, 0.25) is 0 Å². The molecular weight excluding hydrogens is 408 g/mol. The van der Waals surface area contributed by atoms with Crippen LogP contribution in [-0.4, -0.2) is 81.4 Å². The summed E-state index contributed by atoms with van der Waals surface area (Å²) in [5.74, 6) is 0.999. The molecule has 1 atom stereocenters. The van der Waals surface area contributed by atoms with Gasteiger partial charge in [0.05, 0.1) is 12.8 Å². The Labute approximate surface area is 199 Å². The average Bonchev–Trinajstić information content (AvgIpc) is 2.89. The number of rotatable bonds is 5. The van der Waals surface area contributed by atoms with Crippen LogP contribution in [0.15, 0.2) is 48.5 Å². The molecule has 0 amide bonds. The highest BCUT2D eigenvalue weighted by Crippen LogP contribution is 2.32. The molecule has 0 bridgehead atoms. The SMILES string of the molecule is COc1ccccc1N1CCC(N2CCCC(N3CCN(c4ccccc4C)CC3)C2)CC1. The van der Waals surface area contributed by atoms with Crippen molar-refractivity contribution in [2.75, 3.05) is 69.3 Å². The summed E-state index contributed by atoms with van der Waals surface area (Å²) in [5.41, 5.74) is 4.07. The number of piperidine rings is 2. The molecule has 5 nitrogen and oxygen atoms in total. The standard InChI is InChI=1S/C28H40N4O/c1-23-8-3-4-10-26(23)31-20-18-29(19-21-31)25-9-7-15-32(22-25)24-13-16-30(17-14-24)27-11-5-6-12-28(27)33-2/h3-6,8,10-12,24-25H,7,9,13-22H2,1-2H3. The lowest BCUT2D eigenvalue weighted by atomic mass is 9.96. The molecule has 0 spiro atoms. The summed E-state index contributed by atoms with van der Waals surface area (Å²) in [6.45, 7) is 11.7. The van der Waals surface area contributed by atoms with Crippen LogP contribution in [0.25, 0.3) is 0 Å². The van der Waals surface area contributed by atoms with Crippen LogP contribution < -0.4 is 14.5 Å². The van der Waals surface area contributed by atoms with E-state index in [1.165, 1.54) is 68.8 Å². The van der Waals surface area contributed by atoms with Gasteiger partial charge in [-0.1, -0.05) is 30.3 Å². The van der Waals surface area contributed by atoms with Crippen molar-refractivity contribution in [3.05, 3.63) is 54.1 Å². The van der Waals surface area contributed by atoms with Crippen LogP contribution in [0.3, 0.4) is 0 Å². The number of anilines is 2. The Morgan fingerprint density at radius 2 is 1.33 bits per heavy atom. The number of hydrogen-bond acceptors (Lipinski definition) is 5. The van der Waals surface area contributed by atoms with E-state index in [1.807, 2.05) is 0 Å². The van der Waals surface area contributed by atoms with E-state index >= 15 is 0 Å². The molecule has 178 valence electrons. The van der Waals surface area contributed by atoms with Gasteiger partial charge in [0.15, 0.2) is 0 Å². The van der Waals surface area contributed by atoms with Gasteiger partial charge < -0.3 is 14.5 Å². The zero-order valence-electron chi connectivity index (χ0n) is 20.5. The zero-order chi connectivity index (χ0) is 22.6. The van der Waals surface area contributed by atoms with Crippen molar-refractivity contribution >= 4 is 11.4 Å². The largest absolute Gasteiger partial charge is 0.495 e. The van der Waals surface area contributed by atoms with Gasteiger partial charge in [-0.2, -0.15) is 0 Å². The third-order valence-electron chi connectivity index (χ3n) is 8.12. The second-order valence-electron chi connectivity index (χ2n) is 9.99. The summed E-state index contributed by atoms with van der Waals surface area (Å²) in [5, 5.41) is 0. The van der Waals surface area contributed by atoms with Crippen LogP contribution in [0.5, 0.6) is 5.75 Å². The maximum absolute atomic E-state index is 5.60. The number of benzene rings is 2. The highest BCUT2D eigenvalue weighted by atomic mass is 16.5. The van der Waals surface area contributed by atoms with Gasteiger partial charge in [-0.05, 0) is 62.9 Å². The molecule has 3 aliphatic heterocycles. The van der Waals surface area contributed by atoms with E-state index in [1.54, 1.807) is 7.11 Å². The van der Waals surface area contributed by atoms with Crippen LogP contribution >= 0.6 is 0 Å². The molecule has 3 fully saturated rings. The predicted octanol–water partition coefficient (Wildman–Crippen LogP) is 4.26. The molecule has 5 rings (SSSR count). The fourth-order valence-electron chi connectivity index (χ4n) is 6.22. The Balaban J connectivity index is 1.13. The number of piperazine rings is 1. The van der Waals surface area contributed by atoms with Crippen molar-refractivity contribution in [1.29, 1.82) is 0 Å². The normalized spacial score (nSPS) is 23.6. The lowest BCUT2D eigenvalue weighted by Crippen LogP contribution is -2.57. The van der Waals surface area contributed by atoms with Crippen molar-refractivity contribution < 1.29 is 4.74 Å². The van der Waals surface area contributed by atoms with E-state index < -0.39 is 0 Å². The summed E-state index contributed by atoms with van der Waals surface area (Å²) in [4.78, 5) is 10.7. The number of aryl methyl sites for hydroxylation is 1. The molecule has 0 radical (unpaired) electrons. The average molecular weight is 449 g/mol. The molecule has 0 saturated carbocycles. The molecule has 2 aromatic rings. The van der Waals surface area contributed by atoms with Crippen molar-refractivity contribution in [2.24, 2.45) is 0 Å². The third-order valence-corrected chi connectivity index (χ3v) is 8.12. The first-order valence-electron chi connectivity index (χ1n) is 12.9. The first-order chi connectivity index (χ1) is 16.2. The number of ether oxygens (including phenoxy) is 1.